The second-order valence-electron chi connectivity index (χ2n) is 7.59. The molecule has 1 saturated heterocycles. The third-order valence-corrected chi connectivity index (χ3v) is 5.92. The van der Waals surface area contributed by atoms with E-state index in [0.29, 0.717) is 12.3 Å². The number of rotatable bonds is 3. The number of piperidine rings is 1. The van der Waals surface area contributed by atoms with Gasteiger partial charge in [0.25, 0.3) is 5.91 Å². The molecule has 5 rings (SSSR count). The van der Waals surface area contributed by atoms with Crippen LogP contribution in [0.15, 0.2) is 65.9 Å². The van der Waals surface area contributed by atoms with Crippen LogP contribution in [0.4, 0.5) is 0 Å². The molecule has 142 valence electrons. The maximum Gasteiger partial charge on any atom is 0.266 e. The summed E-state index contributed by atoms with van der Waals surface area (Å²) in [5, 5.41) is 5.46. The lowest BCUT2D eigenvalue weighted by atomic mass is 9.89. The highest BCUT2D eigenvalue weighted by Gasteiger charge is 2.34. The van der Waals surface area contributed by atoms with Crippen molar-refractivity contribution >= 4 is 22.5 Å². The van der Waals surface area contributed by atoms with Crippen molar-refractivity contribution in [3.8, 4) is 0 Å². The average molecular weight is 373 g/mol. The van der Waals surface area contributed by atoms with Crippen molar-refractivity contribution in [2.45, 2.75) is 31.3 Å². The van der Waals surface area contributed by atoms with Crippen LogP contribution >= 0.6 is 0 Å². The van der Waals surface area contributed by atoms with Gasteiger partial charge in [0.2, 0.25) is 6.10 Å². The SMILES string of the molecule is O=C(C1CC(c2ccccc2)=NO1)N1CCC(c2c[nH]c3ccccc23)CC1. The quantitative estimate of drug-likeness (QED) is 0.752. The van der Waals surface area contributed by atoms with Crippen molar-refractivity contribution < 1.29 is 9.63 Å². The summed E-state index contributed by atoms with van der Waals surface area (Å²) in [7, 11) is 0. The van der Waals surface area contributed by atoms with Crippen molar-refractivity contribution in [2.24, 2.45) is 5.16 Å². The predicted molar refractivity (Wildman–Crippen MR) is 109 cm³/mol. The van der Waals surface area contributed by atoms with Crippen LogP contribution in [0.5, 0.6) is 0 Å². The number of likely N-dealkylation sites (tertiary alicyclic amines) is 1. The summed E-state index contributed by atoms with van der Waals surface area (Å²) < 4.78 is 0. The molecule has 0 radical (unpaired) electrons. The minimum atomic E-state index is -0.486. The Bertz CT molecular complexity index is 1020. The second kappa shape index (κ2) is 7.15. The highest BCUT2D eigenvalue weighted by Crippen LogP contribution is 2.33. The van der Waals surface area contributed by atoms with E-state index in [1.54, 1.807) is 0 Å². The van der Waals surface area contributed by atoms with E-state index in [2.05, 4.69) is 40.6 Å². The largest absolute Gasteiger partial charge is 0.382 e. The molecule has 28 heavy (non-hydrogen) atoms. The minimum Gasteiger partial charge on any atom is -0.382 e. The summed E-state index contributed by atoms with van der Waals surface area (Å²) in [6, 6.07) is 18.3. The first-order valence-electron chi connectivity index (χ1n) is 9.92. The van der Waals surface area contributed by atoms with Crippen molar-refractivity contribution in [3.05, 3.63) is 71.9 Å². The Balaban J connectivity index is 1.21. The van der Waals surface area contributed by atoms with Crippen molar-refractivity contribution in [3.63, 3.8) is 0 Å². The highest BCUT2D eigenvalue weighted by molar-refractivity contribution is 6.04. The summed E-state index contributed by atoms with van der Waals surface area (Å²) in [5.41, 5.74) is 4.43. The summed E-state index contributed by atoms with van der Waals surface area (Å²) in [6.07, 6.45) is 4.15. The number of amides is 1. The van der Waals surface area contributed by atoms with Gasteiger partial charge in [0.1, 0.15) is 0 Å². The molecular weight excluding hydrogens is 350 g/mol. The lowest BCUT2D eigenvalue weighted by Crippen LogP contribution is -2.43. The molecule has 2 aliphatic heterocycles. The molecule has 1 N–H and O–H groups in total. The van der Waals surface area contributed by atoms with Gasteiger partial charge in [-0.3, -0.25) is 4.79 Å². The molecule has 2 aromatic carbocycles. The number of benzene rings is 2. The third-order valence-electron chi connectivity index (χ3n) is 5.92. The van der Waals surface area contributed by atoms with Crippen molar-refractivity contribution in [1.82, 2.24) is 9.88 Å². The number of para-hydroxylation sites is 1. The van der Waals surface area contributed by atoms with Gasteiger partial charge in [-0.25, -0.2) is 0 Å². The predicted octanol–water partition coefficient (Wildman–Crippen LogP) is 4.07. The summed E-state index contributed by atoms with van der Waals surface area (Å²) in [4.78, 5) is 23.7. The standard InChI is InChI=1S/C23H23N3O2/c27-23(22-14-21(25-28-22)17-6-2-1-3-7-17)26-12-10-16(11-13-26)19-15-24-20-9-5-4-8-18(19)20/h1-9,15-16,22,24H,10-14H2. The van der Waals surface area contributed by atoms with Crippen LogP contribution in [0.3, 0.4) is 0 Å². The first-order chi connectivity index (χ1) is 13.8. The number of nitrogens with zero attached hydrogens (tertiary/aromatic N) is 2. The Hall–Kier alpha value is -3.08. The number of hydrogen-bond donors (Lipinski definition) is 1. The van der Waals surface area contributed by atoms with Gasteiger partial charge in [-0.15, -0.1) is 0 Å². The topological polar surface area (TPSA) is 57.7 Å². The molecule has 0 bridgehead atoms. The lowest BCUT2D eigenvalue weighted by molar-refractivity contribution is -0.143. The number of carbonyl (C=O) groups is 1. The number of hydrogen-bond acceptors (Lipinski definition) is 3. The van der Waals surface area contributed by atoms with E-state index in [1.807, 2.05) is 35.2 Å². The number of carbonyl (C=O) groups excluding carboxylic acids is 1. The maximum absolute atomic E-state index is 12.9. The smallest absolute Gasteiger partial charge is 0.266 e. The Morgan fingerprint density at radius 1 is 1.04 bits per heavy atom. The van der Waals surface area contributed by atoms with Gasteiger partial charge in [-0.05, 0) is 36.0 Å². The number of fused-ring (bicyclic) bond motifs is 1. The van der Waals surface area contributed by atoms with Gasteiger partial charge in [0.15, 0.2) is 0 Å². The van der Waals surface area contributed by atoms with E-state index in [0.717, 1.165) is 37.2 Å². The zero-order chi connectivity index (χ0) is 18.9. The molecule has 5 heteroatoms. The Morgan fingerprint density at radius 3 is 2.61 bits per heavy atom. The number of H-pyrrole nitrogens is 1. The molecule has 1 aromatic heterocycles. The zero-order valence-corrected chi connectivity index (χ0v) is 15.7. The van der Waals surface area contributed by atoms with Crippen LogP contribution in [-0.2, 0) is 9.63 Å². The van der Waals surface area contributed by atoms with Gasteiger partial charge in [0.05, 0.1) is 5.71 Å². The van der Waals surface area contributed by atoms with Crippen molar-refractivity contribution in [2.75, 3.05) is 13.1 Å². The Labute approximate surface area is 164 Å². The van der Waals surface area contributed by atoms with Crippen LogP contribution in [0.25, 0.3) is 10.9 Å². The van der Waals surface area contributed by atoms with Crippen molar-refractivity contribution in [1.29, 1.82) is 0 Å². The molecule has 3 aromatic rings. The summed E-state index contributed by atoms with van der Waals surface area (Å²) in [6.45, 7) is 1.53. The lowest BCUT2D eigenvalue weighted by Gasteiger charge is -2.33. The van der Waals surface area contributed by atoms with Crippen LogP contribution in [0.1, 0.15) is 36.3 Å². The third kappa shape index (κ3) is 3.07. The summed E-state index contributed by atoms with van der Waals surface area (Å²) in [5.74, 6) is 0.549. The van der Waals surface area contributed by atoms with E-state index in [9.17, 15) is 4.79 Å². The van der Waals surface area contributed by atoms with Gasteiger partial charge in [-0.2, -0.15) is 0 Å². The van der Waals surface area contributed by atoms with E-state index >= 15 is 0 Å². The fourth-order valence-corrected chi connectivity index (χ4v) is 4.36. The molecule has 5 nitrogen and oxygen atoms in total. The van der Waals surface area contributed by atoms with E-state index in [-0.39, 0.29) is 5.91 Å². The number of oxime groups is 1. The average Bonchev–Trinajstić information content (AvgIpc) is 3.42. The zero-order valence-electron chi connectivity index (χ0n) is 15.7. The fraction of sp³-hybridized carbons (Fsp3) is 0.304. The highest BCUT2D eigenvalue weighted by atomic mass is 16.6. The molecule has 0 aliphatic carbocycles. The van der Waals surface area contributed by atoms with Gasteiger partial charge in [-0.1, -0.05) is 53.7 Å². The van der Waals surface area contributed by atoms with E-state index < -0.39 is 6.10 Å². The number of aromatic amines is 1. The molecular formula is C23H23N3O2. The monoisotopic (exact) mass is 373 g/mol. The van der Waals surface area contributed by atoms with Gasteiger partial charge < -0.3 is 14.7 Å². The molecule has 2 aliphatic rings. The fourth-order valence-electron chi connectivity index (χ4n) is 4.36. The molecule has 1 unspecified atom stereocenters. The normalized spacial score (nSPS) is 20.2. The molecule has 0 saturated carbocycles. The Morgan fingerprint density at radius 2 is 1.79 bits per heavy atom. The van der Waals surface area contributed by atoms with Crippen LogP contribution in [0.2, 0.25) is 0 Å². The van der Waals surface area contributed by atoms with Gasteiger partial charge in [0, 0.05) is 36.6 Å². The first-order valence-corrected chi connectivity index (χ1v) is 9.92. The Kier molecular flexibility index (Phi) is 4.35. The second-order valence-corrected chi connectivity index (χ2v) is 7.59. The van der Waals surface area contributed by atoms with E-state index in [4.69, 9.17) is 4.84 Å². The molecule has 3 heterocycles. The van der Waals surface area contributed by atoms with Gasteiger partial charge >= 0.3 is 0 Å². The molecule has 1 fully saturated rings. The van der Waals surface area contributed by atoms with Crippen LogP contribution in [-0.4, -0.2) is 40.7 Å². The number of nitrogens with one attached hydrogen (secondary N) is 1. The first kappa shape index (κ1) is 17.0. The van der Waals surface area contributed by atoms with Crippen LogP contribution < -0.4 is 0 Å². The molecule has 0 spiro atoms. The minimum absolute atomic E-state index is 0.0621. The maximum atomic E-state index is 12.9. The number of aromatic nitrogens is 1. The molecule has 1 atom stereocenters. The van der Waals surface area contributed by atoms with E-state index in [1.165, 1.54) is 16.5 Å². The molecule has 1 amide bonds. The summed E-state index contributed by atoms with van der Waals surface area (Å²) >= 11 is 0. The van der Waals surface area contributed by atoms with Crippen LogP contribution in [0, 0.1) is 0 Å².